The average Bonchev–Trinajstić information content (AvgIpc) is 3.22. The molecule has 0 atom stereocenters. The average molecular weight is 378 g/mol. The third-order valence-electron chi connectivity index (χ3n) is 7.16. The Labute approximate surface area is 162 Å². The van der Waals surface area contributed by atoms with Crippen LogP contribution in [-0.2, 0) is 24.8 Å². The van der Waals surface area contributed by atoms with Crippen LogP contribution in [-0.4, -0.2) is 32.5 Å². The van der Waals surface area contributed by atoms with Crippen LogP contribution < -0.4 is 0 Å². The topological polar surface area (TPSA) is 64.8 Å². The van der Waals surface area contributed by atoms with Crippen molar-refractivity contribution in [2.24, 2.45) is 5.92 Å². The molecule has 0 radical (unpaired) electrons. The van der Waals surface area contributed by atoms with E-state index in [0.717, 1.165) is 29.7 Å². The molecule has 6 heteroatoms. The van der Waals surface area contributed by atoms with Crippen LogP contribution in [0.1, 0.15) is 59.2 Å². The van der Waals surface area contributed by atoms with Crippen molar-refractivity contribution in [3.63, 3.8) is 0 Å². The number of carbonyl (C=O) groups excluding carboxylic acids is 1. The Hall–Kier alpha value is -2.63. The summed E-state index contributed by atoms with van der Waals surface area (Å²) >= 11 is 0. The second-order valence-electron chi connectivity index (χ2n) is 8.83. The number of halogens is 1. The number of rotatable bonds is 3. The van der Waals surface area contributed by atoms with Crippen molar-refractivity contribution < 1.29 is 9.18 Å². The quantitative estimate of drug-likeness (QED) is 0.727. The van der Waals surface area contributed by atoms with Crippen molar-refractivity contribution in [2.45, 2.75) is 51.0 Å². The summed E-state index contributed by atoms with van der Waals surface area (Å²) in [5.74, 6) is 0.608. The summed E-state index contributed by atoms with van der Waals surface area (Å²) in [6.07, 6.45) is 5.31. The molecular formula is C22H23FN4O. The monoisotopic (exact) mass is 378 g/mol. The minimum atomic E-state index is -0.269. The predicted molar refractivity (Wildman–Crippen MR) is 104 cm³/mol. The van der Waals surface area contributed by atoms with Crippen LogP contribution in [0.5, 0.6) is 0 Å². The van der Waals surface area contributed by atoms with Crippen molar-refractivity contribution in [3.05, 3.63) is 52.2 Å². The molecule has 3 heterocycles. The first-order chi connectivity index (χ1) is 13.6. The highest BCUT2D eigenvalue weighted by Crippen LogP contribution is 2.65. The van der Waals surface area contributed by atoms with E-state index in [-0.39, 0.29) is 17.1 Å². The molecule has 0 saturated heterocycles. The van der Waals surface area contributed by atoms with Crippen molar-refractivity contribution in [1.29, 1.82) is 0 Å². The molecule has 3 fully saturated rings. The van der Waals surface area contributed by atoms with Gasteiger partial charge in [-0.05, 0) is 55.4 Å². The molecule has 1 aliphatic heterocycles. The number of fused-ring (bicyclic) bond motifs is 2. The Morgan fingerprint density at radius 3 is 2.86 bits per heavy atom. The smallest absolute Gasteiger partial charge is 0.270 e. The fraction of sp³-hybridized carbons (Fsp3) is 0.455. The standard InChI is InChI=1S/C22H23FN4O/c1-2-13-5-14(23)6-18-15(13)7-19(24-18)21(28)27-4-3-17-16(11-27)20(26-25-17)22-8-12(9-22)10-22/h5-7,12,24H,2-4,8-11H2,1H3,(H,25,26). The molecular weight excluding hydrogens is 355 g/mol. The molecule has 0 spiro atoms. The van der Waals surface area contributed by atoms with Gasteiger partial charge in [0.25, 0.3) is 5.91 Å². The molecule has 3 aliphatic carbocycles. The molecule has 4 aliphatic rings. The number of amides is 1. The zero-order valence-corrected chi connectivity index (χ0v) is 15.9. The van der Waals surface area contributed by atoms with Crippen LogP contribution in [0.25, 0.3) is 10.9 Å². The Kier molecular flexibility index (Phi) is 3.19. The van der Waals surface area contributed by atoms with Gasteiger partial charge in [-0.25, -0.2) is 4.39 Å². The minimum Gasteiger partial charge on any atom is -0.350 e. The van der Waals surface area contributed by atoms with Crippen molar-refractivity contribution in [2.75, 3.05) is 6.54 Å². The number of hydrogen-bond acceptors (Lipinski definition) is 2. The SMILES string of the molecule is CCc1cc(F)cc2[nH]c(C(=O)N3CCc4[nH]nc(C56CC(C5)C6)c4C3)cc12. The van der Waals surface area contributed by atoms with Crippen LogP contribution in [0.2, 0.25) is 0 Å². The highest BCUT2D eigenvalue weighted by molar-refractivity contribution is 5.99. The summed E-state index contributed by atoms with van der Waals surface area (Å²) in [4.78, 5) is 18.3. The maximum Gasteiger partial charge on any atom is 0.270 e. The fourth-order valence-corrected chi connectivity index (χ4v) is 5.53. The molecule has 2 N–H and O–H groups in total. The van der Waals surface area contributed by atoms with Gasteiger partial charge in [-0.15, -0.1) is 0 Å². The highest BCUT2D eigenvalue weighted by Gasteiger charge is 2.59. The second-order valence-corrected chi connectivity index (χ2v) is 8.83. The van der Waals surface area contributed by atoms with Gasteiger partial charge in [0.2, 0.25) is 0 Å². The summed E-state index contributed by atoms with van der Waals surface area (Å²) in [6.45, 7) is 3.28. The van der Waals surface area contributed by atoms with Gasteiger partial charge in [-0.2, -0.15) is 5.10 Å². The van der Waals surface area contributed by atoms with Gasteiger partial charge in [0, 0.05) is 47.1 Å². The van der Waals surface area contributed by atoms with Crippen LogP contribution in [0, 0.1) is 11.7 Å². The Morgan fingerprint density at radius 1 is 1.32 bits per heavy atom. The van der Waals surface area contributed by atoms with E-state index < -0.39 is 0 Å². The first-order valence-electron chi connectivity index (χ1n) is 10.2. The molecule has 28 heavy (non-hydrogen) atoms. The van der Waals surface area contributed by atoms with Gasteiger partial charge < -0.3 is 9.88 Å². The second kappa shape index (κ2) is 5.46. The molecule has 5 nitrogen and oxygen atoms in total. The minimum absolute atomic E-state index is 0.0194. The Balaban J connectivity index is 1.32. The number of aromatic nitrogens is 3. The van der Waals surface area contributed by atoms with E-state index in [1.165, 1.54) is 42.3 Å². The van der Waals surface area contributed by atoms with E-state index in [2.05, 4.69) is 15.2 Å². The lowest BCUT2D eigenvalue weighted by atomic mass is 9.43. The molecule has 1 amide bonds. The molecule has 7 rings (SSSR count). The Bertz CT molecular complexity index is 1110. The largest absolute Gasteiger partial charge is 0.350 e. The van der Waals surface area contributed by atoms with Crippen molar-refractivity contribution >= 4 is 16.8 Å². The fourth-order valence-electron chi connectivity index (χ4n) is 5.53. The molecule has 3 aromatic rings. The van der Waals surface area contributed by atoms with Crippen LogP contribution in [0.15, 0.2) is 18.2 Å². The third kappa shape index (κ3) is 2.11. The van der Waals surface area contributed by atoms with Gasteiger partial charge in [-0.1, -0.05) is 6.92 Å². The normalized spacial score (nSPS) is 25.4. The molecule has 2 aromatic heterocycles. The van der Waals surface area contributed by atoms with E-state index in [1.807, 2.05) is 17.9 Å². The number of benzene rings is 1. The zero-order chi connectivity index (χ0) is 19.0. The maximum absolute atomic E-state index is 13.9. The third-order valence-corrected chi connectivity index (χ3v) is 7.16. The van der Waals surface area contributed by atoms with Gasteiger partial charge in [0.1, 0.15) is 11.5 Å². The van der Waals surface area contributed by atoms with Gasteiger partial charge in [-0.3, -0.25) is 9.89 Å². The summed E-state index contributed by atoms with van der Waals surface area (Å²) in [7, 11) is 0. The lowest BCUT2D eigenvalue weighted by molar-refractivity contribution is -0.0320. The number of carbonyl (C=O) groups is 1. The molecule has 3 saturated carbocycles. The van der Waals surface area contributed by atoms with Gasteiger partial charge in [0.05, 0.1) is 5.69 Å². The van der Waals surface area contributed by atoms with E-state index in [4.69, 9.17) is 0 Å². The Morgan fingerprint density at radius 2 is 2.14 bits per heavy atom. The first kappa shape index (κ1) is 16.3. The van der Waals surface area contributed by atoms with Gasteiger partial charge >= 0.3 is 0 Å². The number of nitrogens with zero attached hydrogens (tertiary/aromatic N) is 2. The molecule has 144 valence electrons. The number of hydrogen-bond donors (Lipinski definition) is 2. The lowest BCUT2D eigenvalue weighted by Crippen LogP contribution is -2.56. The van der Waals surface area contributed by atoms with E-state index >= 15 is 0 Å². The lowest BCUT2D eigenvalue weighted by Gasteiger charge is -2.61. The number of H-pyrrole nitrogens is 2. The summed E-state index contributed by atoms with van der Waals surface area (Å²) in [5.41, 5.74) is 6.06. The number of aryl methyl sites for hydroxylation is 1. The first-order valence-corrected chi connectivity index (χ1v) is 10.2. The zero-order valence-electron chi connectivity index (χ0n) is 15.9. The number of aromatic amines is 2. The van der Waals surface area contributed by atoms with E-state index in [0.29, 0.717) is 24.3 Å². The van der Waals surface area contributed by atoms with Crippen molar-refractivity contribution in [3.8, 4) is 0 Å². The van der Waals surface area contributed by atoms with Crippen LogP contribution in [0.3, 0.4) is 0 Å². The number of nitrogens with one attached hydrogen (secondary N) is 2. The summed E-state index contributed by atoms with van der Waals surface area (Å²) < 4.78 is 13.9. The van der Waals surface area contributed by atoms with Crippen LogP contribution >= 0.6 is 0 Å². The summed E-state index contributed by atoms with van der Waals surface area (Å²) in [5, 5.41) is 8.81. The van der Waals surface area contributed by atoms with Crippen LogP contribution in [0.4, 0.5) is 4.39 Å². The van der Waals surface area contributed by atoms with E-state index in [1.54, 1.807) is 6.07 Å². The molecule has 1 aromatic carbocycles. The van der Waals surface area contributed by atoms with Crippen molar-refractivity contribution in [1.82, 2.24) is 20.1 Å². The van der Waals surface area contributed by atoms with Gasteiger partial charge in [0.15, 0.2) is 0 Å². The molecule has 0 unspecified atom stereocenters. The highest BCUT2D eigenvalue weighted by atomic mass is 19.1. The predicted octanol–water partition coefficient (Wildman–Crippen LogP) is 3.84. The summed E-state index contributed by atoms with van der Waals surface area (Å²) in [6, 6.07) is 4.90. The molecule has 2 bridgehead atoms. The van der Waals surface area contributed by atoms with E-state index in [9.17, 15) is 9.18 Å². The maximum atomic E-state index is 13.9.